The topological polar surface area (TPSA) is 55.8 Å². The van der Waals surface area contributed by atoms with Gasteiger partial charge in [-0.3, -0.25) is 0 Å². The van der Waals surface area contributed by atoms with Crippen LogP contribution in [-0.2, 0) is 6.54 Å². The summed E-state index contributed by atoms with van der Waals surface area (Å²) in [6.45, 7) is 2.77. The number of nitrogens with one attached hydrogen (secondary N) is 1. The highest BCUT2D eigenvalue weighted by Gasteiger charge is 2.08. The number of rotatable bonds is 6. The van der Waals surface area contributed by atoms with Crippen LogP contribution in [0.5, 0.6) is 0 Å². The first-order valence-corrected chi connectivity index (χ1v) is 6.83. The lowest BCUT2D eigenvalue weighted by Crippen LogP contribution is -2.38. The van der Waals surface area contributed by atoms with Gasteiger partial charge in [-0.25, -0.2) is 4.79 Å². The van der Waals surface area contributed by atoms with Gasteiger partial charge < -0.3 is 20.2 Å². The number of nitrogens with zero attached hydrogens (tertiary/aromatic N) is 2. The first-order valence-electron chi connectivity index (χ1n) is 6.83. The second-order valence-corrected chi connectivity index (χ2v) is 5.28. The summed E-state index contributed by atoms with van der Waals surface area (Å²) in [6.07, 6.45) is 0.199. The van der Waals surface area contributed by atoms with Crippen LogP contribution in [0, 0.1) is 0 Å². The molecule has 1 atom stereocenters. The highest BCUT2D eigenvalue weighted by atomic mass is 16.3. The molecule has 20 heavy (non-hydrogen) atoms. The Balaban J connectivity index is 2.40. The van der Waals surface area contributed by atoms with Gasteiger partial charge in [0.2, 0.25) is 0 Å². The molecule has 0 spiro atoms. The molecule has 0 fully saturated rings. The van der Waals surface area contributed by atoms with E-state index >= 15 is 0 Å². The lowest BCUT2D eigenvalue weighted by molar-refractivity contribution is 0.163. The number of hydrogen-bond acceptors (Lipinski definition) is 3. The van der Waals surface area contributed by atoms with Crippen LogP contribution in [0.4, 0.5) is 10.5 Å². The van der Waals surface area contributed by atoms with Gasteiger partial charge in [0.05, 0.1) is 6.10 Å². The number of anilines is 1. The fraction of sp³-hybridized carbons (Fsp3) is 0.533. The number of amides is 2. The monoisotopic (exact) mass is 279 g/mol. The lowest BCUT2D eigenvalue weighted by atomic mass is 10.2. The minimum Gasteiger partial charge on any atom is -0.393 e. The van der Waals surface area contributed by atoms with Gasteiger partial charge in [0.1, 0.15) is 0 Å². The third-order valence-corrected chi connectivity index (χ3v) is 3.13. The Morgan fingerprint density at radius 3 is 2.35 bits per heavy atom. The predicted molar refractivity (Wildman–Crippen MR) is 81.9 cm³/mol. The zero-order valence-corrected chi connectivity index (χ0v) is 12.8. The van der Waals surface area contributed by atoms with Crippen molar-refractivity contribution < 1.29 is 9.90 Å². The number of aliphatic hydroxyl groups excluding tert-OH is 1. The summed E-state index contributed by atoms with van der Waals surface area (Å²) in [6, 6.07) is 7.94. The quantitative estimate of drug-likeness (QED) is 0.833. The summed E-state index contributed by atoms with van der Waals surface area (Å²) in [5, 5.41) is 12.1. The fourth-order valence-electron chi connectivity index (χ4n) is 1.71. The number of benzene rings is 1. The number of carbonyl (C=O) groups is 1. The number of aliphatic hydroxyl groups is 1. The molecule has 112 valence electrons. The predicted octanol–water partition coefficient (Wildman–Crippen LogP) is 1.66. The highest BCUT2D eigenvalue weighted by Crippen LogP contribution is 2.12. The normalized spacial score (nSPS) is 11.8. The Bertz CT molecular complexity index is 416. The molecule has 0 aliphatic carbocycles. The molecule has 2 N–H and O–H groups in total. The van der Waals surface area contributed by atoms with Crippen molar-refractivity contribution in [2.75, 3.05) is 32.6 Å². The van der Waals surface area contributed by atoms with E-state index in [0.717, 1.165) is 11.3 Å². The number of hydrogen-bond donors (Lipinski definition) is 2. The zero-order chi connectivity index (χ0) is 15.1. The van der Waals surface area contributed by atoms with Gasteiger partial charge in [-0.1, -0.05) is 12.1 Å². The summed E-state index contributed by atoms with van der Waals surface area (Å²) in [7, 11) is 5.72. The molecule has 5 nitrogen and oxygen atoms in total. The Hall–Kier alpha value is -1.75. The molecule has 1 rings (SSSR count). The van der Waals surface area contributed by atoms with Gasteiger partial charge in [0.15, 0.2) is 0 Å². The van der Waals surface area contributed by atoms with Gasteiger partial charge in [0.25, 0.3) is 0 Å². The smallest absolute Gasteiger partial charge is 0.317 e. The average Bonchev–Trinajstić information content (AvgIpc) is 2.42. The van der Waals surface area contributed by atoms with Crippen molar-refractivity contribution in [3.05, 3.63) is 29.8 Å². The fourth-order valence-corrected chi connectivity index (χ4v) is 1.71. The van der Waals surface area contributed by atoms with Gasteiger partial charge in [0, 0.05) is 39.9 Å². The Morgan fingerprint density at radius 1 is 1.25 bits per heavy atom. The largest absolute Gasteiger partial charge is 0.393 e. The van der Waals surface area contributed by atoms with Crippen LogP contribution in [0.25, 0.3) is 0 Å². The molecule has 2 amide bonds. The third-order valence-electron chi connectivity index (χ3n) is 3.13. The van der Waals surface area contributed by atoms with Crippen molar-refractivity contribution >= 4 is 11.7 Å². The second kappa shape index (κ2) is 7.75. The number of carbonyl (C=O) groups excluding carboxylic acids is 1. The maximum absolute atomic E-state index is 11.8. The van der Waals surface area contributed by atoms with Crippen molar-refractivity contribution in [3.8, 4) is 0 Å². The molecule has 0 saturated carbocycles. The Labute approximate surface area is 121 Å². The SMILES string of the molecule is CC(O)CCN(C)C(=O)NCc1ccc(N(C)C)cc1. The van der Waals surface area contributed by atoms with Crippen LogP contribution >= 0.6 is 0 Å². The van der Waals surface area contributed by atoms with Crippen molar-refractivity contribution in [2.24, 2.45) is 0 Å². The van der Waals surface area contributed by atoms with Crippen LogP contribution in [0.3, 0.4) is 0 Å². The molecule has 0 saturated heterocycles. The van der Waals surface area contributed by atoms with E-state index in [1.54, 1.807) is 18.9 Å². The molecule has 1 aromatic carbocycles. The van der Waals surface area contributed by atoms with Gasteiger partial charge >= 0.3 is 6.03 Å². The molecule has 0 aliphatic rings. The minimum absolute atomic E-state index is 0.123. The van der Waals surface area contributed by atoms with E-state index in [1.165, 1.54) is 0 Å². The van der Waals surface area contributed by atoms with E-state index in [2.05, 4.69) is 5.32 Å². The summed E-state index contributed by atoms with van der Waals surface area (Å²) in [5.41, 5.74) is 2.20. The van der Waals surface area contributed by atoms with Crippen LogP contribution in [0.1, 0.15) is 18.9 Å². The van der Waals surface area contributed by atoms with E-state index in [9.17, 15) is 9.90 Å². The minimum atomic E-state index is -0.385. The highest BCUT2D eigenvalue weighted by molar-refractivity contribution is 5.73. The average molecular weight is 279 g/mol. The first-order chi connectivity index (χ1) is 9.40. The maximum atomic E-state index is 11.8. The molecule has 0 heterocycles. The van der Waals surface area contributed by atoms with E-state index in [0.29, 0.717) is 19.5 Å². The first kappa shape index (κ1) is 16.3. The molecular formula is C15H25N3O2. The molecule has 0 aliphatic heterocycles. The molecule has 5 heteroatoms. The lowest BCUT2D eigenvalue weighted by Gasteiger charge is -2.19. The van der Waals surface area contributed by atoms with E-state index in [4.69, 9.17) is 0 Å². The van der Waals surface area contributed by atoms with Crippen molar-refractivity contribution in [2.45, 2.75) is 26.0 Å². The third kappa shape index (κ3) is 5.48. The van der Waals surface area contributed by atoms with Crippen LogP contribution in [0.2, 0.25) is 0 Å². The van der Waals surface area contributed by atoms with Gasteiger partial charge in [-0.05, 0) is 31.0 Å². The van der Waals surface area contributed by atoms with E-state index in [-0.39, 0.29) is 12.1 Å². The van der Waals surface area contributed by atoms with Gasteiger partial charge in [-0.15, -0.1) is 0 Å². The van der Waals surface area contributed by atoms with Gasteiger partial charge in [-0.2, -0.15) is 0 Å². The Kier molecular flexibility index (Phi) is 6.31. The zero-order valence-electron chi connectivity index (χ0n) is 12.8. The van der Waals surface area contributed by atoms with Crippen LogP contribution in [0.15, 0.2) is 24.3 Å². The van der Waals surface area contributed by atoms with Crippen molar-refractivity contribution in [1.29, 1.82) is 0 Å². The number of urea groups is 1. The maximum Gasteiger partial charge on any atom is 0.317 e. The molecule has 1 unspecified atom stereocenters. The summed E-state index contributed by atoms with van der Waals surface area (Å²) >= 11 is 0. The summed E-state index contributed by atoms with van der Waals surface area (Å²) in [5.74, 6) is 0. The molecule has 0 bridgehead atoms. The molecule has 0 radical (unpaired) electrons. The van der Waals surface area contributed by atoms with Crippen LogP contribution < -0.4 is 10.2 Å². The second-order valence-electron chi connectivity index (χ2n) is 5.28. The van der Waals surface area contributed by atoms with Crippen LogP contribution in [-0.4, -0.2) is 49.8 Å². The Morgan fingerprint density at radius 2 is 1.85 bits per heavy atom. The summed E-state index contributed by atoms with van der Waals surface area (Å²) in [4.78, 5) is 15.4. The van der Waals surface area contributed by atoms with Crippen molar-refractivity contribution in [3.63, 3.8) is 0 Å². The summed E-state index contributed by atoms with van der Waals surface area (Å²) < 4.78 is 0. The standard InChI is InChI=1S/C15H25N3O2/c1-12(19)9-10-18(4)15(20)16-11-13-5-7-14(8-6-13)17(2)3/h5-8,12,19H,9-11H2,1-4H3,(H,16,20). The van der Waals surface area contributed by atoms with E-state index < -0.39 is 0 Å². The van der Waals surface area contributed by atoms with E-state index in [1.807, 2.05) is 43.3 Å². The van der Waals surface area contributed by atoms with Crippen molar-refractivity contribution in [1.82, 2.24) is 10.2 Å². The molecule has 1 aromatic rings. The molecule has 0 aromatic heterocycles. The molecular weight excluding hydrogens is 254 g/mol.